The van der Waals surface area contributed by atoms with Gasteiger partial charge in [0, 0.05) is 11.7 Å². The Hall–Kier alpha value is -1.54. The van der Waals surface area contributed by atoms with E-state index < -0.39 is 9.84 Å². The molecule has 8 heteroatoms. The summed E-state index contributed by atoms with van der Waals surface area (Å²) in [4.78, 5) is 18.5. The minimum absolute atomic E-state index is 0.0719. The summed E-state index contributed by atoms with van der Waals surface area (Å²) in [5.74, 6) is 0.909. The first-order valence-corrected chi connectivity index (χ1v) is 11.5. The molecule has 0 bridgehead atoms. The lowest BCUT2D eigenvalue weighted by atomic mass is 10.1. The summed E-state index contributed by atoms with van der Waals surface area (Å²) < 4.78 is 30.0. The highest BCUT2D eigenvalue weighted by Crippen LogP contribution is 2.43. The predicted molar refractivity (Wildman–Crippen MR) is 106 cm³/mol. The van der Waals surface area contributed by atoms with E-state index in [1.165, 1.54) is 11.8 Å². The normalized spacial score (nSPS) is 25.7. The third-order valence-corrected chi connectivity index (χ3v) is 7.50. The highest BCUT2D eigenvalue weighted by atomic mass is 32.2. The van der Waals surface area contributed by atoms with E-state index in [2.05, 4.69) is 4.99 Å². The maximum absolute atomic E-state index is 12.3. The second kappa shape index (κ2) is 7.60. The quantitative estimate of drug-likeness (QED) is 0.762. The van der Waals surface area contributed by atoms with Gasteiger partial charge in [-0.25, -0.2) is 8.42 Å². The zero-order valence-electron chi connectivity index (χ0n) is 15.2. The van der Waals surface area contributed by atoms with E-state index in [0.717, 1.165) is 5.69 Å². The van der Waals surface area contributed by atoms with Gasteiger partial charge in [0.15, 0.2) is 15.0 Å². The van der Waals surface area contributed by atoms with Gasteiger partial charge in [0.1, 0.15) is 5.75 Å². The van der Waals surface area contributed by atoms with E-state index >= 15 is 0 Å². The average Bonchev–Trinajstić information content (AvgIpc) is 2.98. The van der Waals surface area contributed by atoms with Crippen molar-refractivity contribution in [3.05, 3.63) is 24.3 Å². The zero-order valence-corrected chi connectivity index (χ0v) is 16.8. The molecule has 2 aliphatic heterocycles. The van der Waals surface area contributed by atoms with Crippen molar-refractivity contribution in [2.45, 2.75) is 38.5 Å². The Balaban J connectivity index is 2.01. The average molecular weight is 397 g/mol. The Bertz CT molecular complexity index is 820. The monoisotopic (exact) mass is 396 g/mol. The van der Waals surface area contributed by atoms with Gasteiger partial charge in [0.25, 0.3) is 0 Å². The van der Waals surface area contributed by atoms with Crippen molar-refractivity contribution in [1.82, 2.24) is 0 Å². The van der Waals surface area contributed by atoms with Crippen LogP contribution in [0.4, 0.5) is 5.69 Å². The molecule has 26 heavy (non-hydrogen) atoms. The van der Waals surface area contributed by atoms with Crippen molar-refractivity contribution >= 4 is 38.4 Å². The highest BCUT2D eigenvalue weighted by Gasteiger charge is 2.50. The summed E-state index contributed by atoms with van der Waals surface area (Å²) in [5.41, 5.74) is 0.766. The second-order valence-electron chi connectivity index (χ2n) is 6.96. The number of para-hydroxylation sites is 2. The van der Waals surface area contributed by atoms with Crippen molar-refractivity contribution in [3.63, 3.8) is 0 Å². The summed E-state index contributed by atoms with van der Waals surface area (Å²) in [6, 6.07) is 7.28. The fraction of sp³-hybridized carbons (Fsp3) is 0.556. The molecule has 142 valence electrons. The third kappa shape index (κ3) is 4.06. The molecule has 3 rings (SSSR count). The molecule has 6 nitrogen and oxygen atoms in total. The van der Waals surface area contributed by atoms with Crippen LogP contribution in [0, 0.1) is 5.92 Å². The van der Waals surface area contributed by atoms with Crippen LogP contribution in [0.25, 0.3) is 0 Å². The van der Waals surface area contributed by atoms with Gasteiger partial charge in [-0.1, -0.05) is 37.7 Å². The molecular formula is C18H24N2O4S2. The Morgan fingerprint density at radius 1 is 1.35 bits per heavy atom. The maximum Gasteiger partial charge on any atom is 0.248 e. The fourth-order valence-corrected chi connectivity index (χ4v) is 7.21. The number of ether oxygens (including phenoxy) is 1. The van der Waals surface area contributed by atoms with Crippen molar-refractivity contribution < 1.29 is 17.9 Å². The molecule has 0 spiro atoms. The molecule has 0 aromatic heterocycles. The van der Waals surface area contributed by atoms with Crippen LogP contribution in [-0.4, -0.2) is 48.9 Å². The number of sulfone groups is 1. The van der Waals surface area contributed by atoms with E-state index in [9.17, 15) is 13.2 Å². The third-order valence-electron chi connectivity index (χ3n) is 4.29. The number of carbonyl (C=O) groups excluding carboxylic acids is 1. The van der Waals surface area contributed by atoms with Crippen molar-refractivity contribution in [2.75, 3.05) is 23.0 Å². The number of carbonyl (C=O) groups is 1. The van der Waals surface area contributed by atoms with Gasteiger partial charge >= 0.3 is 0 Å². The van der Waals surface area contributed by atoms with Crippen LogP contribution < -0.4 is 9.64 Å². The molecule has 0 saturated carbocycles. The number of anilines is 1. The molecule has 2 fully saturated rings. The van der Waals surface area contributed by atoms with E-state index in [4.69, 9.17) is 4.74 Å². The standard InChI is InChI=1S/C18H24N2O4S2/c1-4-24-15-8-6-5-7-13(15)20-14-10-26(22,23)11-16(14)25-18(20)19-17(21)9-12(2)3/h5-8,12,14,16H,4,9-11H2,1-3H3/t14-,16+/m1/s1. The zero-order chi connectivity index (χ0) is 18.9. The fourth-order valence-electron chi connectivity index (χ4n) is 3.28. The first kappa shape index (κ1) is 19.2. The van der Waals surface area contributed by atoms with E-state index in [1.807, 2.05) is 49.9 Å². The Kier molecular flexibility index (Phi) is 5.62. The molecule has 2 heterocycles. The number of nitrogens with zero attached hydrogens (tertiary/aromatic N) is 2. The lowest BCUT2D eigenvalue weighted by Gasteiger charge is -2.26. The van der Waals surface area contributed by atoms with Gasteiger partial charge in [-0.05, 0) is 25.0 Å². The lowest BCUT2D eigenvalue weighted by Crippen LogP contribution is -2.38. The van der Waals surface area contributed by atoms with Gasteiger partial charge in [-0.3, -0.25) is 4.79 Å². The minimum atomic E-state index is -3.09. The predicted octanol–water partition coefficient (Wildman–Crippen LogP) is 2.73. The van der Waals surface area contributed by atoms with Crippen LogP contribution in [0.2, 0.25) is 0 Å². The van der Waals surface area contributed by atoms with Crippen LogP contribution in [0.1, 0.15) is 27.2 Å². The lowest BCUT2D eigenvalue weighted by molar-refractivity contribution is -0.118. The summed E-state index contributed by atoms with van der Waals surface area (Å²) in [6.07, 6.45) is 0.374. The number of amidine groups is 1. The minimum Gasteiger partial charge on any atom is -0.492 e. The number of hydrogen-bond acceptors (Lipinski definition) is 5. The molecule has 1 amide bonds. The number of aliphatic imine (C=N–C) groups is 1. The van der Waals surface area contributed by atoms with Crippen molar-refractivity contribution in [1.29, 1.82) is 0 Å². The van der Waals surface area contributed by atoms with E-state index in [-0.39, 0.29) is 34.6 Å². The summed E-state index contributed by atoms with van der Waals surface area (Å²) in [6.45, 7) is 6.36. The van der Waals surface area contributed by atoms with Crippen molar-refractivity contribution in [2.24, 2.45) is 10.9 Å². The number of fused-ring (bicyclic) bond motifs is 1. The van der Waals surface area contributed by atoms with Crippen LogP contribution in [0.15, 0.2) is 29.3 Å². The number of thioether (sulfide) groups is 1. The Morgan fingerprint density at radius 2 is 2.08 bits per heavy atom. The van der Waals surface area contributed by atoms with Gasteiger partial charge in [-0.15, -0.1) is 0 Å². The topological polar surface area (TPSA) is 76.0 Å². The van der Waals surface area contributed by atoms with Crippen molar-refractivity contribution in [3.8, 4) is 5.75 Å². The molecule has 0 aliphatic carbocycles. The molecule has 0 N–H and O–H groups in total. The molecule has 1 aromatic rings. The van der Waals surface area contributed by atoms with Crippen LogP contribution in [0.3, 0.4) is 0 Å². The van der Waals surface area contributed by atoms with Gasteiger partial charge in [0.05, 0.1) is 29.8 Å². The number of benzene rings is 1. The van der Waals surface area contributed by atoms with Gasteiger partial charge < -0.3 is 9.64 Å². The molecule has 0 radical (unpaired) electrons. The number of hydrogen-bond donors (Lipinski definition) is 0. The molecule has 2 atom stereocenters. The molecule has 1 aromatic carbocycles. The molecule has 2 saturated heterocycles. The summed E-state index contributed by atoms with van der Waals surface area (Å²) in [5, 5.41) is 0.466. The van der Waals surface area contributed by atoms with E-state index in [0.29, 0.717) is 23.9 Å². The summed E-state index contributed by atoms with van der Waals surface area (Å²) in [7, 11) is -3.09. The molecule has 2 aliphatic rings. The SMILES string of the molecule is CCOc1ccccc1N1C(=NC(=O)CC(C)C)S[C@H]2CS(=O)(=O)C[C@H]21. The van der Waals surface area contributed by atoms with E-state index in [1.54, 1.807) is 0 Å². The number of rotatable bonds is 5. The first-order chi connectivity index (χ1) is 12.3. The van der Waals surface area contributed by atoms with Crippen LogP contribution in [-0.2, 0) is 14.6 Å². The van der Waals surface area contributed by atoms with Crippen LogP contribution >= 0.6 is 11.8 Å². The Morgan fingerprint density at radius 3 is 2.77 bits per heavy atom. The molecule has 0 unspecified atom stereocenters. The van der Waals surface area contributed by atoms with Gasteiger partial charge in [0.2, 0.25) is 5.91 Å². The first-order valence-electron chi connectivity index (χ1n) is 8.80. The Labute approximate surface area is 158 Å². The van der Waals surface area contributed by atoms with Crippen LogP contribution in [0.5, 0.6) is 5.75 Å². The number of amides is 1. The highest BCUT2D eigenvalue weighted by molar-refractivity contribution is 8.16. The summed E-state index contributed by atoms with van der Waals surface area (Å²) >= 11 is 1.39. The van der Waals surface area contributed by atoms with Gasteiger partial charge in [-0.2, -0.15) is 4.99 Å². The maximum atomic E-state index is 12.3. The smallest absolute Gasteiger partial charge is 0.248 e. The second-order valence-corrected chi connectivity index (χ2v) is 10.3. The molecular weight excluding hydrogens is 372 g/mol. The largest absolute Gasteiger partial charge is 0.492 e.